The Morgan fingerprint density at radius 2 is 2.17 bits per heavy atom. The molecule has 0 amide bonds. The smallest absolute Gasteiger partial charge is 0.181 e. The zero-order chi connectivity index (χ0) is 9.19. The van der Waals surface area contributed by atoms with Crippen LogP contribution in [0.25, 0.3) is 0 Å². The molecule has 12 heavy (non-hydrogen) atoms. The van der Waals surface area contributed by atoms with E-state index in [-0.39, 0.29) is 0 Å². The first-order chi connectivity index (χ1) is 5.47. The van der Waals surface area contributed by atoms with Gasteiger partial charge in [0.1, 0.15) is 13.8 Å². The number of nitrogens with two attached hydrogens (primary N) is 1. The van der Waals surface area contributed by atoms with E-state index in [9.17, 15) is 0 Å². The van der Waals surface area contributed by atoms with E-state index in [2.05, 4.69) is 36.1 Å². The van der Waals surface area contributed by atoms with Crippen LogP contribution in [0, 0.1) is 11.5 Å². The second kappa shape index (κ2) is 3.29. The minimum atomic E-state index is -1.27. The van der Waals surface area contributed by atoms with E-state index in [1.807, 2.05) is 5.38 Å². The predicted molar refractivity (Wildman–Crippen MR) is 56.8 cm³/mol. The molecule has 0 spiro atoms. The van der Waals surface area contributed by atoms with Crippen LogP contribution in [-0.4, -0.2) is 13.1 Å². The number of anilines is 1. The normalized spacial score (nSPS) is 10.6. The van der Waals surface area contributed by atoms with Gasteiger partial charge in [0.15, 0.2) is 5.13 Å². The van der Waals surface area contributed by atoms with Crippen LogP contribution in [0.3, 0.4) is 0 Å². The molecule has 1 aromatic rings. The Labute approximate surface area is 77.8 Å². The molecule has 0 unspecified atom stereocenters. The molecule has 0 saturated carbocycles. The summed E-state index contributed by atoms with van der Waals surface area (Å²) in [4.78, 5) is 4.06. The predicted octanol–water partition coefficient (Wildman–Crippen LogP) is 1.95. The number of nitrogen functional groups attached to an aromatic ring is 1. The largest absolute Gasteiger partial charge is 0.375 e. The van der Waals surface area contributed by atoms with E-state index in [0.29, 0.717) is 5.13 Å². The average molecular weight is 196 g/mol. The highest BCUT2D eigenvalue weighted by molar-refractivity contribution is 7.13. The molecule has 64 valence electrons. The number of hydrogen-bond donors (Lipinski definition) is 1. The van der Waals surface area contributed by atoms with Crippen molar-refractivity contribution < 1.29 is 0 Å². The number of thiazole rings is 1. The Hall–Kier alpha value is -0.793. The van der Waals surface area contributed by atoms with Crippen LogP contribution in [0.4, 0.5) is 5.13 Å². The van der Waals surface area contributed by atoms with Gasteiger partial charge in [0.2, 0.25) is 0 Å². The zero-order valence-corrected chi connectivity index (χ0v) is 9.33. The van der Waals surface area contributed by atoms with E-state index in [1.165, 1.54) is 11.3 Å². The highest BCUT2D eigenvalue weighted by Crippen LogP contribution is 2.09. The summed E-state index contributed by atoms with van der Waals surface area (Å²) in [6, 6.07) is 0. The summed E-state index contributed by atoms with van der Waals surface area (Å²) in [5.41, 5.74) is 9.50. The fourth-order valence-corrected chi connectivity index (χ4v) is 1.59. The van der Waals surface area contributed by atoms with Crippen LogP contribution < -0.4 is 5.73 Å². The zero-order valence-electron chi connectivity index (χ0n) is 7.51. The van der Waals surface area contributed by atoms with Gasteiger partial charge in [-0.15, -0.1) is 16.9 Å². The molecule has 0 aliphatic carbocycles. The van der Waals surface area contributed by atoms with Crippen LogP contribution in [0.2, 0.25) is 19.6 Å². The third kappa shape index (κ3) is 3.07. The van der Waals surface area contributed by atoms with Crippen molar-refractivity contribution in [2.24, 2.45) is 0 Å². The summed E-state index contributed by atoms with van der Waals surface area (Å²) >= 11 is 1.43. The second-order valence-electron chi connectivity index (χ2n) is 3.57. The molecule has 0 aliphatic rings. The number of aromatic nitrogens is 1. The molecule has 0 bridgehead atoms. The molecule has 0 saturated heterocycles. The molecule has 1 heterocycles. The van der Waals surface area contributed by atoms with Crippen LogP contribution in [0.1, 0.15) is 5.69 Å². The minimum absolute atomic E-state index is 0.592. The van der Waals surface area contributed by atoms with E-state index < -0.39 is 8.07 Å². The SMILES string of the molecule is C[Si](C)(C)C#Cc1csc(N)n1. The van der Waals surface area contributed by atoms with Gasteiger partial charge in [0.05, 0.1) is 0 Å². The topological polar surface area (TPSA) is 38.9 Å². The Kier molecular flexibility index (Phi) is 2.55. The van der Waals surface area contributed by atoms with Crippen molar-refractivity contribution in [2.45, 2.75) is 19.6 Å². The molecular weight excluding hydrogens is 184 g/mol. The number of nitrogens with zero attached hydrogens (tertiary/aromatic N) is 1. The van der Waals surface area contributed by atoms with Crippen molar-refractivity contribution in [2.75, 3.05) is 5.73 Å². The first-order valence-corrected chi connectivity index (χ1v) is 8.09. The van der Waals surface area contributed by atoms with Gasteiger partial charge in [-0.3, -0.25) is 0 Å². The lowest BCUT2D eigenvalue weighted by Crippen LogP contribution is -2.16. The fraction of sp³-hybridized carbons (Fsp3) is 0.375. The summed E-state index contributed by atoms with van der Waals surface area (Å²) in [6.45, 7) is 6.61. The maximum absolute atomic E-state index is 5.47. The van der Waals surface area contributed by atoms with Gasteiger partial charge in [0, 0.05) is 5.38 Å². The molecule has 0 radical (unpaired) electrons. The highest BCUT2D eigenvalue weighted by atomic mass is 32.1. The maximum Gasteiger partial charge on any atom is 0.181 e. The second-order valence-corrected chi connectivity index (χ2v) is 9.21. The summed E-state index contributed by atoms with van der Waals surface area (Å²) in [7, 11) is -1.27. The molecule has 4 heteroatoms. The monoisotopic (exact) mass is 196 g/mol. The maximum atomic E-state index is 5.47. The third-order valence-electron chi connectivity index (χ3n) is 1.09. The Morgan fingerprint density at radius 3 is 2.58 bits per heavy atom. The van der Waals surface area contributed by atoms with Crippen molar-refractivity contribution in [3.8, 4) is 11.5 Å². The lowest BCUT2D eigenvalue weighted by molar-refractivity contribution is 1.38. The Balaban J connectivity index is 2.80. The van der Waals surface area contributed by atoms with Gasteiger partial charge >= 0.3 is 0 Å². The van der Waals surface area contributed by atoms with Gasteiger partial charge in [-0.1, -0.05) is 25.6 Å². The Bertz CT molecular complexity index is 327. The van der Waals surface area contributed by atoms with Gasteiger partial charge < -0.3 is 5.73 Å². The molecule has 2 nitrogen and oxygen atoms in total. The van der Waals surface area contributed by atoms with Crippen molar-refractivity contribution in [1.82, 2.24) is 4.98 Å². The van der Waals surface area contributed by atoms with Crippen LogP contribution in [0.5, 0.6) is 0 Å². The lowest BCUT2D eigenvalue weighted by Gasteiger charge is -2.02. The van der Waals surface area contributed by atoms with Gasteiger partial charge in [-0.05, 0) is 0 Å². The minimum Gasteiger partial charge on any atom is -0.375 e. The fourth-order valence-electron chi connectivity index (χ4n) is 0.597. The van der Waals surface area contributed by atoms with Crippen LogP contribution in [-0.2, 0) is 0 Å². The van der Waals surface area contributed by atoms with E-state index in [4.69, 9.17) is 5.73 Å². The highest BCUT2D eigenvalue weighted by Gasteiger charge is 2.07. The van der Waals surface area contributed by atoms with Crippen LogP contribution in [0.15, 0.2) is 5.38 Å². The van der Waals surface area contributed by atoms with Crippen molar-refractivity contribution in [3.63, 3.8) is 0 Å². The van der Waals surface area contributed by atoms with E-state index >= 15 is 0 Å². The van der Waals surface area contributed by atoms with E-state index in [1.54, 1.807) is 0 Å². The quantitative estimate of drug-likeness (QED) is 0.509. The molecule has 0 aromatic carbocycles. The number of hydrogen-bond acceptors (Lipinski definition) is 3. The first kappa shape index (κ1) is 9.30. The Morgan fingerprint density at radius 1 is 1.50 bits per heavy atom. The molecule has 1 aromatic heterocycles. The molecular formula is C8H12N2SSi. The third-order valence-corrected chi connectivity index (χ3v) is 2.64. The van der Waals surface area contributed by atoms with Crippen LogP contribution >= 0.6 is 11.3 Å². The lowest BCUT2D eigenvalue weighted by atomic mass is 10.5. The summed E-state index contributed by atoms with van der Waals surface area (Å²) in [5, 5.41) is 2.48. The van der Waals surface area contributed by atoms with Gasteiger partial charge in [0.25, 0.3) is 0 Å². The summed E-state index contributed by atoms with van der Waals surface area (Å²) in [5.74, 6) is 3.04. The average Bonchev–Trinajstić information content (AvgIpc) is 2.30. The number of rotatable bonds is 0. The van der Waals surface area contributed by atoms with Crippen molar-refractivity contribution in [1.29, 1.82) is 0 Å². The summed E-state index contributed by atoms with van der Waals surface area (Å²) < 4.78 is 0. The molecule has 2 N–H and O–H groups in total. The molecule has 0 fully saturated rings. The molecule has 0 aliphatic heterocycles. The van der Waals surface area contributed by atoms with Gasteiger partial charge in [-0.25, -0.2) is 4.98 Å². The summed E-state index contributed by atoms with van der Waals surface area (Å²) in [6.07, 6.45) is 0. The van der Waals surface area contributed by atoms with Crippen molar-refractivity contribution in [3.05, 3.63) is 11.1 Å². The molecule has 1 rings (SSSR count). The first-order valence-electron chi connectivity index (χ1n) is 3.71. The molecule has 0 atom stereocenters. The van der Waals surface area contributed by atoms with Gasteiger partial charge in [-0.2, -0.15) is 0 Å². The van der Waals surface area contributed by atoms with E-state index in [0.717, 1.165) is 5.69 Å². The van der Waals surface area contributed by atoms with Crippen molar-refractivity contribution >= 4 is 24.5 Å². The standard InChI is InChI=1S/C8H12N2SSi/c1-12(2,3)5-4-7-6-11-8(9)10-7/h6H,1-3H3,(H2,9,10).